The number of benzene rings is 2. The first-order valence-electron chi connectivity index (χ1n) is 7.27. The molecule has 0 bridgehead atoms. The molecule has 0 radical (unpaired) electrons. The molecule has 0 amide bonds. The van der Waals surface area contributed by atoms with Gasteiger partial charge in [-0.25, -0.2) is 0 Å². The molecule has 0 heterocycles. The standard InChI is InChI=1S/C19H23N/c1-16(2)20-15-9-14-19(17-10-5-3-6-11-17)18-12-7-4-8-13-18/h3-14,16,19-20H,15H2,1-2H3/b14-9+. The molecule has 2 rings (SSSR count). The first-order valence-corrected chi connectivity index (χ1v) is 7.27. The summed E-state index contributed by atoms with van der Waals surface area (Å²) in [7, 11) is 0. The zero-order valence-corrected chi connectivity index (χ0v) is 12.3. The van der Waals surface area contributed by atoms with E-state index in [1.54, 1.807) is 0 Å². The Kier molecular flexibility index (Phi) is 5.57. The van der Waals surface area contributed by atoms with Gasteiger partial charge in [0.25, 0.3) is 0 Å². The molecular weight excluding hydrogens is 242 g/mol. The average molecular weight is 265 g/mol. The summed E-state index contributed by atoms with van der Waals surface area (Å²) in [4.78, 5) is 0. The van der Waals surface area contributed by atoms with E-state index in [1.165, 1.54) is 11.1 Å². The molecule has 2 aromatic carbocycles. The maximum atomic E-state index is 3.42. The average Bonchev–Trinajstić information content (AvgIpc) is 2.49. The van der Waals surface area contributed by atoms with E-state index in [0.717, 1.165) is 6.54 Å². The van der Waals surface area contributed by atoms with E-state index in [4.69, 9.17) is 0 Å². The van der Waals surface area contributed by atoms with E-state index in [-0.39, 0.29) is 0 Å². The molecule has 0 aliphatic heterocycles. The molecule has 1 nitrogen and oxygen atoms in total. The number of rotatable bonds is 6. The van der Waals surface area contributed by atoms with E-state index in [9.17, 15) is 0 Å². The van der Waals surface area contributed by atoms with Crippen molar-refractivity contribution in [3.8, 4) is 0 Å². The Balaban J connectivity index is 2.17. The van der Waals surface area contributed by atoms with Gasteiger partial charge in [-0.2, -0.15) is 0 Å². The third-order valence-corrected chi connectivity index (χ3v) is 3.29. The van der Waals surface area contributed by atoms with Crippen molar-refractivity contribution in [1.29, 1.82) is 0 Å². The van der Waals surface area contributed by atoms with Crippen LogP contribution >= 0.6 is 0 Å². The molecule has 0 spiro atoms. The van der Waals surface area contributed by atoms with Gasteiger partial charge >= 0.3 is 0 Å². The fourth-order valence-corrected chi connectivity index (χ4v) is 2.24. The van der Waals surface area contributed by atoms with Gasteiger partial charge in [0.05, 0.1) is 0 Å². The highest BCUT2D eigenvalue weighted by atomic mass is 14.9. The second kappa shape index (κ2) is 7.66. The molecule has 0 aromatic heterocycles. The lowest BCUT2D eigenvalue weighted by molar-refractivity contribution is 0.631. The zero-order chi connectivity index (χ0) is 14.2. The number of nitrogens with one attached hydrogen (secondary N) is 1. The van der Waals surface area contributed by atoms with Gasteiger partial charge in [0, 0.05) is 18.5 Å². The van der Waals surface area contributed by atoms with Crippen molar-refractivity contribution in [2.45, 2.75) is 25.8 Å². The molecular formula is C19H23N. The van der Waals surface area contributed by atoms with Gasteiger partial charge in [0.1, 0.15) is 0 Å². The molecule has 2 aromatic rings. The summed E-state index contributed by atoms with van der Waals surface area (Å²) in [6, 6.07) is 21.8. The van der Waals surface area contributed by atoms with Crippen LogP contribution in [-0.2, 0) is 0 Å². The van der Waals surface area contributed by atoms with Crippen LogP contribution in [0.1, 0.15) is 30.9 Å². The van der Waals surface area contributed by atoms with Crippen molar-refractivity contribution in [2.75, 3.05) is 6.54 Å². The quantitative estimate of drug-likeness (QED) is 0.765. The Morgan fingerprint density at radius 1 is 0.850 bits per heavy atom. The lowest BCUT2D eigenvalue weighted by Gasteiger charge is -2.14. The van der Waals surface area contributed by atoms with Gasteiger partial charge in [0.2, 0.25) is 0 Å². The Labute approximate surface area is 122 Å². The third-order valence-electron chi connectivity index (χ3n) is 3.29. The second-order valence-electron chi connectivity index (χ2n) is 5.29. The molecule has 0 saturated carbocycles. The monoisotopic (exact) mass is 265 g/mol. The number of allylic oxidation sites excluding steroid dienone is 1. The number of hydrogen-bond acceptors (Lipinski definition) is 1. The van der Waals surface area contributed by atoms with Crippen LogP contribution in [0.25, 0.3) is 0 Å². The van der Waals surface area contributed by atoms with Crippen LogP contribution in [0.4, 0.5) is 0 Å². The molecule has 0 unspecified atom stereocenters. The predicted molar refractivity (Wildman–Crippen MR) is 87.0 cm³/mol. The van der Waals surface area contributed by atoms with Gasteiger partial charge < -0.3 is 5.32 Å². The van der Waals surface area contributed by atoms with Gasteiger partial charge in [-0.1, -0.05) is 86.7 Å². The van der Waals surface area contributed by atoms with E-state index < -0.39 is 0 Å². The van der Waals surface area contributed by atoms with Gasteiger partial charge in [-0.05, 0) is 11.1 Å². The van der Waals surface area contributed by atoms with E-state index in [0.29, 0.717) is 12.0 Å². The highest BCUT2D eigenvalue weighted by molar-refractivity contribution is 5.36. The summed E-state index contributed by atoms with van der Waals surface area (Å²) < 4.78 is 0. The van der Waals surface area contributed by atoms with Gasteiger partial charge in [-0.3, -0.25) is 0 Å². The molecule has 1 heteroatoms. The van der Waals surface area contributed by atoms with E-state index in [2.05, 4.69) is 92.0 Å². The summed E-state index contributed by atoms with van der Waals surface area (Å²) in [6.45, 7) is 5.24. The summed E-state index contributed by atoms with van der Waals surface area (Å²) >= 11 is 0. The normalized spacial score (nSPS) is 11.6. The van der Waals surface area contributed by atoms with Crippen molar-refractivity contribution in [3.63, 3.8) is 0 Å². The van der Waals surface area contributed by atoms with Crippen LogP contribution in [0.15, 0.2) is 72.8 Å². The van der Waals surface area contributed by atoms with Crippen molar-refractivity contribution in [1.82, 2.24) is 5.32 Å². The Morgan fingerprint density at radius 2 is 1.35 bits per heavy atom. The summed E-state index contributed by atoms with van der Waals surface area (Å²) in [5.41, 5.74) is 2.67. The summed E-state index contributed by atoms with van der Waals surface area (Å²) in [6.07, 6.45) is 4.52. The molecule has 20 heavy (non-hydrogen) atoms. The van der Waals surface area contributed by atoms with Crippen LogP contribution < -0.4 is 5.32 Å². The SMILES string of the molecule is CC(C)NC/C=C/C(c1ccccc1)c1ccccc1. The van der Waals surface area contributed by atoms with Crippen LogP contribution in [0.2, 0.25) is 0 Å². The smallest absolute Gasteiger partial charge is 0.0270 e. The summed E-state index contributed by atoms with van der Waals surface area (Å²) in [5, 5.41) is 3.42. The van der Waals surface area contributed by atoms with Crippen LogP contribution in [-0.4, -0.2) is 12.6 Å². The van der Waals surface area contributed by atoms with Gasteiger partial charge in [-0.15, -0.1) is 0 Å². The zero-order valence-electron chi connectivity index (χ0n) is 12.3. The Morgan fingerprint density at radius 3 is 1.80 bits per heavy atom. The Hall–Kier alpha value is -1.86. The first-order chi connectivity index (χ1) is 9.77. The minimum absolute atomic E-state index is 0.325. The van der Waals surface area contributed by atoms with Crippen molar-refractivity contribution >= 4 is 0 Å². The molecule has 0 aliphatic carbocycles. The third kappa shape index (κ3) is 4.36. The fraction of sp³-hybridized carbons (Fsp3) is 0.263. The number of hydrogen-bond donors (Lipinski definition) is 1. The first kappa shape index (κ1) is 14.5. The topological polar surface area (TPSA) is 12.0 Å². The molecule has 0 aliphatic rings. The Bertz CT molecular complexity index is 474. The van der Waals surface area contributed by atoms with E-state index >= 15 is 0 Å². The molecule has 0 atom stereocenters. The minimum atomic E-state index is 0.325. The van der Waals surface area contributed by atoms with Crippen LogP contribution in [0, 0.1) is 0 Å². The van der Waals surface area contributed by atoms with Crippen LogP contribution in [0.5, 0.6) is 0 Å². The minimum Gasteiger partial charge on any atom is -0.311 e. The molecule has 0 saturated heterocycles. The van der Waals surface area contributed by atoms with Crippen molar-refractivity contribution in [2.24, 2.45) is 0 Å². The predicted octanol–water partition coefficient (Wildman–Crippen LogP) is 4.37. The maximum Gasteiger partial charge on any atom is 0.0270 e. The summed E-state index contributed by atoms with van der Waals surface area (Å²) in [5.74, 6) is 0.325. The van der Waals surface area contributed by atoms with E-state index in [1.807, 2.05) is 0 Å². The highest BCUT2D eigenvalue weighted by Crippen LogP contribution is 2.25. The molecule has 104 valence electrons. The van der Waals surface area contributed by atoms with Crippen molar-refractivity contribution < 1.29 is 0 Å². The molecule has 1 N–H and O–H groups in total. The second-order valence-corrected chi connectivity index (χ2v) is 5.29. The fourth-order valence-electron chi connectivity index (χ4n) is 2.24. The van der Waals surface area contributed by atoms with Crippen LogP contribution in [0.3, 0.4) is 0 Å². The van der Waals surface area contributed by atoms with Crippen molar-refractivity contribution in [3.05, 3.63) is 83.9 Å². The lowest BCUT2D eigenvalue weighted by atomic mass is 9.91. The lowest BCUT2D eigenvalue weighted by Crippen LogP contribution is -2.22. The molecule has 0 fully saturated rings. The largest absolute Gasteiger partial charge is 0.311 e. The highest BCUT2D eigenvalue weighted by Gasteiger charge is 2.09. The maximum absolute atomic E-state index is 3.42. The van der Waals surface area contributed by atoms with Gasteiger partial charge in [0.15, 0.2) is 0 Å².